The first-order chi connectivity index (χ1) is 17.2. The fourth-order valence-electron chi connectivity index (χ4n) is 4.86. The highest BCUT2D eigenvalue weighted by Gasteiger charge is 2.12. The number of fused-ring (bicyclic) bond motifs is 1. The van der Waals surface area contributed by atoms with Crippen LogP contribution >= 0.6 is 0 Å². The number of ether oxygens (including phenoxy) is 1. The van der Waals surface area contributed by atoms with Gasteiger partial charge in [-0.25, -0.2) is 0 Å². The van der Waals surface area contributed by atoms with Crippen LogP contribution in [-0.2, 0) is 6.42 Å². The fraction of sp³-hybridized carbons (Fsp3) is 0.419. The van der Waals surface area contributed by atoms with Crippen molar-refractivity contribution in [3.05, 3.63) is 64.4 Å². The highest BCUT2D eigenvalue weighted by molar-refractivity contribution is 5.88. The first-order valence-electron chi connectivity index (χ1n) is 13.5. The van der Waals surface area contributed by atoms with E-state index in [1.807, 2.05) is 0 Å². The van der Waals surface area contributed by atoms with Gasteiger partial charge >= 0.3 is 0 Å². The summed E-state index contributed by atoms with van der Waals surface area (Å²) in [5.41, 5.74) is 5.61. The Kier molecular flexibility index (Phi) is 8.94. The van der Waals surface area contributed by atoms with Crippen LogP contribution in [0.4, 0.5) is 0 Å². The number of aromatic nitrogens is 3. The molecule has 0 saturated carbocycles. The molecule has 35 heavy (non-hydrogen) atoms. The average Bonchev–Trinajstić information content (AvgIpc) is 3.61. The summed E-state index contributed by atoms with van der Waals surface area (Å²) in [6.07, 6.45) is 17.5. The lowest BCUT2D eigenvalue weighted by Gasteiger charge is -1.99. The molecule has 3 aromatic heterocycles. The van der Waals surface area contributed by atoms with Gasteiger partial charge in [0.1, 0.15) is 5.75 Å². The van der Waals surface area contributed by atoms with E-state index in [1.165, 1.54) is 73.2 Å². The lowest BCUT2D eigenvalue weighted by molar-refractivity contribution is 0.414. The minimum atomic E-state index is 0.841. The molecule has 0 amide bonds. The van der Waals surface area contributed by atoms with Crippen LogP contribution < -0.4 is 15.4 Å². The van der Waals surface area contributed by atoms with Crippen molar-refractivity contribution >= 4 is 23.1 Å². The van der Waals surface area contributed by atoms with Gasteiger partial charge in [0.2, 0.25) is 0 Å². The summed E-state index contributed by atoms with van der Waals surface area (Å²) < 4.78 is 5.68. The molecule has 4 nitrogen and oxygen atoms in total. The molecule has 0 aliphatic carbocycles. The SMILES string of the molecule is CCCCCCCCCCC=c1ccc(=Cc2[nH]c(-c3cc4cccc(CC)c4[nH]3)cc2OC)[nH]1. The van der Waals surface area contributed by atoms with E-state index in [0.717, 1.165) is 41.0 Å². The largest absolute Gasteiger partial charge is 0.494 e. The number of nitrogens with one attached hydrogen (secondary N) is 3. The van der Waals surface area contributed by atoms with Crippen LogP contribution in [0.5, 0.6) is 5.75 Å². The summed E-state index contributed by atoms with van der Waals surface area (Å²) in [7, 11) is 1.72. The van der Waals surface area contributed by atoms with Gasteiger partial charge in [-0.15, -0.1) is 0 Å². The first kappa shape index (κ1) is 25.0. The molecule has 0 bridgehead atoms. The van der Waals surface area contributed by atoms with Crippen molar-refractivity contribution in [2.75, 3.05) is 7.11 Å². The van der Waals surface area contributed by atoms with Gasteiger partial charge in [0.25, 0.3) is 0 Å². The third-order valence-electron chi connectivity index (χ3n) is 6.90. The Morgan fingerprint density at radius 3 is 2.29 bits per heavy atom. The van der Waals surface area contributed by atoms with Crippen molar-refractivity contribution in [1.82, 2.24) is 15.0 Å². The first-order valence-corrected chi connectivity index (χ1v) is 13.5. The van der Waals surface area contributed by atoms with Crippen LogP contribution in [0.15, 0.2) is 42.5 Å². The van der Waals surface area contributed by atoms with Crippen LogP contribution in [0, 0.1) is 0 Å². The van der Waals surface area contributed by atoms with E-state index in [1.54, 1.807) is 7.11 Å². The lowest BCUT2D eigenvalue weighted by atomic mass is 10.1. The standard InChI is InChI=1S/C31H41N3O/c1-4-6-7-8-9-10-11-12-13-17-25-18-19-26(32-25)21-29-30(35-3)22-28(33-29)27-20-24-16-14-15-23(5-2)31(24)34-27/h14-22,32-34H,4-13H2,1-3H3. The number of hydrogen-bond acceptors (Lipinski definition) is 1. The van der Waals surface area contributed by atoms with Gasteiger partial charge in [-0.05, 0) is 49.1 Å². The second-order valence-corrected chi connectivity index (χ2v) is 9.56. The third kappa shape index (κ3) is 6.50. The summed E-state index contributed by atoms with van der Waals surface area (Å²) in [4.78, 5) is 10.7. The topological polar surface area (TPSA) is 56.6 Å². The van der Waals surface area contributed by atoms with Gasteiger partial charge in [-0.1, -0.05) is 83.1 Å². The molecule has 4 rings (SSSR count). The third-order valence-corrected chi connectivity index (χ3v) is 6.90. The number of para-hydroxylation sites is 1. The molecule has 0 aliphatic rings. The zero-order valence-electron chi connectivity index (χ0n) is 21.7. The minimum Gasteiger partial charge on any atom is -0.494 e. The number of unbranched alkanes of at least 4 members (excludes halogenated alkanes) is 8. The molecule has 0 fully saturated rings. The van der Waals surface area contributed by atoms with Gasteiger partial charge in [-0.2, -0.15) is 0 Å². The normalized spacial score (nSPS) is 12.8. The predicted octanol–water partition coefficient (Wildman–Crippen LogP) is 7.20. The summed E-state index contributed by atoms with van der Waals surface area (Å²) in [5.74, 6) is 0.841. The molecule has 186 valence electrons. The van der Waals surface area contributed by atoms with E-state index in [0.29, 0.717) is 0 Å². The summed E-state index contributed by atoms with van der Waals surface area (Å²) in [5, 5.41) is 3.50. The van der Waals surface area contributed by atoms with Gasteiger partial charge in [0.15, 0.2) is 0 Å². The van der Waals surface area contributed by atoms with E-state index in [4.69, 9.17) is 4.74 Å². The molecule has 3 heterocycles. The van der Waals surface area contributed by atoms with E-state index in [2.05, 4.69) is 83.4 Å². The monoisotopic (exact) mass is 471 g/mol. The number of rotatable bonds is 13. The van der Waals surface area contributed by atoms with Crippen molar-refractivity contribution in [2.45, 2.75) is 78.1 Å². The molecule has 0 aliphatic heterocycles. The average molecular weight is 472 g/mol. The van der Waals surface area contributed by atoms with E-state index in [9.17, 15) is 0 Å². The molecule has 3 N–H and O–H groups in total. The summed E-state index contributed by atoms with van der Waals surface area (Å²) >= 11 is 0. The van der Waals surface area contributed by atoms with Crippen LogP contribution in [0.3, 0.4) is 0 Å². The van der Waals surface area contributed by atoms with Crippen LogP contribution in [0.25, 0.3) is 34.4 Å². The quantitative estimate of drug-likeness (QED) is 0.177. The number of aryl methyl sites for hydroxylation is 1. The fourth-order valence-corrected chi connectivity index (χ4v) is 4.86. The van der Waals surface area contributed by atoms with Crippen molar-refractivity contribution in [3.8, 4) is 17.1 Å². The highest BCUT2D eigenvalue weighted by atomic mass is 16.5. The molecular formula is C31H41N3O. The Balaban J connectivity index is 1.42. The smallest absolute Gasteiger partial charge is 0.144 e. The van der Waals surface area contributed by atoms with Crippen molar-refractivity contribution < 1.29 is 4.74 Å². The number of benzene rings is 1. The maximum absolute atomic E-state index is 5.68. The second kappa shape index (κ2) is 12.5. The molecule has 0 radical (unpaired) electrons. The van der Waals surface area contributed by atoms with Crippen molar-refractivity contribution in [1.29, 1.82) is 0 Å². The molecule has 0 unspecified atom stereocenters. The zero-order valence-corrected chi connectivity index (χ0v) is 21.7. The molecule has 4 aromatic rings. The molecule has 0 atom stereocenters. The number of hydrogen-bond donors (Lipinski definition) is 3. The molecule has 0 saturated heterocycles. The van der Waals surface area contributed by atoms with E-state index < -0.39 is 0 Å². The summed E-state index contributed by atoms with van der Waals surface area (Å²) in [6, 6.07) is 15.0. The van der Waals surface area contributed by atoms with Gasteiger partial charge in [0, 0.05) is 27.7 Å². The maximum Gasteiger partial charge on any atom is 0.144 e. The molecule has 1 aromatic carbocycles. The zero-order chi connectivity index (χ0) is 24.5. The second-order valence-electron chi connectivity index (χ2n) is 9.56. The molecular weight excluding hydrogens is 430 g/mol. The Morgan fingerprint density at radius 1 is 0.771 bits per heavy atom. The summed E-state index contributed by atoms with van der Waals surface area (Å²) in [6.45, 7) is 4.47. The number of methoxy groups -OCH3 is 1. The van der Waals surface area contributed by atoms with E-state index >= 15 is 0 Å². The van der Waals surface area contributed by atoms with Gasteiger partial charge in [0.05, 0.1) is 24.2 Å². The van der Waals surface area contributed by atoms with Crippen LogP contribution in [0.1, 0.15) is 82.9 Å². The maximum atomic E-state index is 5.68. The number of aromatic amines is 3. The molecule has 0 spiro atoms. The number of H-pyrrole nitrogens is 3. The highest BCUT2D eigenvalue weighted by Crippen LogP contribution is 2.30. The Labute approximate surface area is 209 Å². The minimum absolute atomic E-state index is 0.841. The van der Waals surface area contributed by atoms with Gasteiger partial charge < -0.3 is 19.7 Å². The molecule has 4 heteroatoms. The van der Waals surface area contributed by atoms with Crippen molar-refractivity contribution in [2.24, 2.45) is 0 Å². The lowest BCUT2D eigenvalue weighted by Crippen LogP contribution is -2.09. The van der Waals surface area contributed by atoms with Crippen molar-refractivity contribution in [3.63, 3.8) is 0 Å². The van der Waals surface area contributed by atoms with Crippen LogP contribution in [0.2, 0.25) is 0 Å². The Bertz CT molecular complexity index is 1320. The van der Waals surface area contributed by atoms with Gasteiger partial charge in [-0.3, -0.25) is 0 Å². The van der Waals surface area contributed by atoms with E-state index in [-0.39, 0.29) is 0 Å². The Hall–Kier alpha value is -3.14. The van der Waals surface area contributed by atoms with Crippen LogP contribution in [-0.4, -0.2) is 22.1 Å². The predicted molar refractivity (Wildman–Crippen MR) is 149 cm³/mol. The Morgan fingerprint density at radius 2 is 1.51 bits per heavy atom.